The third-order valence-electron chi connectivity index (χ3n) is 3.49. The summed E-state index contributed by atoms with van der Waals surface area (Å²) >= 11 is 6.49. The number of carbonyl (C=O) groups excluding carboxylic acids is 2. The second-order valence-electron chi connectivity index (χ2n) is 5.17. The van der Waals surface area contributed by atoms with Gasteiger partial charge in [-0.2, -0.15) is 0 Å². The van der Waals surface area contributed by atoms with Gasteiger partial charge in [-0.25, -0.2) is 4.39 Å². The summed E-state index contributed by atoms with van der Waals surface area (Å²) in [5.74, 6) is -0.599. The topological polar surface area (TPSA) is 37.4 Å². The number of Topliss-reactive ketones (excluding diaryl/α,β-unsaturated/α-hetero) is 1. The van der Waals surface area contributed by atoms with Crippen molar-refractivity contribution < 1.29 is 14.0 Å². The zero-order valence-corrected chi connectivity index (χ0v) is 14.3. The molecule has 0 N–H and O–H groups in total. The predicted molar refractivity (Wildman–Crippen MR) is 98.5 cm³/mol. The number of halogens is 1. The van der Waals surface area contributed by atoms with Crippen molar-refractivity contribution in [1.29, 1.82) is 0 Å². The van der Waals surface area contributed by atoms with Gasteiger partial charge in [0.15, 0.2) is 10.1 Å². The molecule has 1 aliphatic heterocycles. The van der Waals surface area contributed by atoms with Crippen LogP contribution in [0.1, 0.15) is 22.8 Å². The van der Waals surface area contributed by atoms with Gasteiger partial charge in [0, 0.05) is 5.56 Å². The van der Waals surface area contributed by atoms with Gasteiger partial charge in [0.1, 0.15) is 5.82 Å². The Morgan fingerprint density at radius 3 is 2.33 bits per heavy atom. The van der Waals surface area contributed by atoms with Crippen LogP contribution in [0.4, 0.5) is 10.1 Å². The zero-order chi connectivity index (χ0) is 17.3. The summed E-state index contributed by atoms with van der Waals surface area (Å²) < 4.78 is 13.4. The summed E-state index contributed by atoms with van der Waals surface area (Å²) in [5.41, 5.74) is 1.92. The van der Waals surface area contributed by atoms with Crippen molar-refractivity contribution >= 4 is 51.8 Å². The van der Waals surface area contributed by atoms with E-state index in [9.17, 15) is 14.0 Å². The van der Waals surface area contributed by atoms with E-state index >= 15 is 0 Å². The van der Waals surface area contributed by atoms with Crippen LogP contribution in [-0.4, -0.2) is 16.0 Å². The smallest absolute Gasteiger partial charge is 0.270 e. The van der Waals surface area contributed by atoms with E-state index in [2.05, 4.69) is 0 Å². The van der Waals surface area contributed by atoms with Crippen molar-refractivity contribution in [3.8, 4) is 0 Å². The average Bonchev–Trinajstić information content (AvgIpc) is 2.83. The molecule has 0 aliphatic carbocycles. The predicted octanol–water partition coefficient (Wildman–Crippen LogP) is 4.43. The largest absolute Gasteiger partial charge is 0.295 e. The van der Waals surface area contributed by atoms with E-state index in [-0.39, 0.29) is 17.5 Å². The van der Waals surface area contributed by atoms with Gasteiger partial charge in [-0.15, -0.1) is 0 Å². The molecule has 0 atom stereocenters. The molecule has 0 spiro atoms. The Morgan fingerprint density at radius 2 is 1.75 bits per heavy atom. The molecule has 0 bridgehead atoms. The van der Waals surface area contributed by atoms with Gasteiger partial charge in [-0.05, 0) is 55.0 Å². The molecule has 3 nitrogen and oxygen atoms in total. The highest BCUT2D eigenvalue weighted by atomic mass is 32.2. The van der Waals surface area contributed by atoms with Crippen LogP contribution in [0.5, 0.6) is 0 Å². The SMILES string of the molecule is CC(=O)c1ccc(N2C(=O)C(=Cc3ccc(F)cc3)SC2=S)cc1. The van der Waals surface area contributed by atoms with Crippen LogP contribution < -0.4 is 4.90 Å². The summed E-state index contributed by atoms with van der Waals surface area (Å²) in [4.78, 5) is 25.9. The number of benzene rings is 2. The van der Waals surface area contributed by atoms with E-state index in [0.29, 0.717) is 20.5 Å². The van der Waals surface area contributed by atoms with Gasteiger partial charge < -0.3 is 0 Å². The first-order chi connectivity index (χ1) is 11.5. The molecular weight excluding hydrogens is 345 g/mol. The lowest BCUT2D eigenvalue weighted by Crippen LogP contribution is -2.27. The second kappa shape index (κ2) is 6.67. The fourth-order valence-electron chi connectivity index (χ4n) is 2.25. The van der Waals surface area contributed by atoms with Crippen molar-refractivity contribution in [2.75, 3.05) is 4.90 Å². The quantitative estimate of drug-likeness (QED) is 0.462. The van der Waals surface area contributed by atoms with Crippen molar-refractivity contribution in [2.24, 2.45) is 0 Å². The number of hydrogen-bond donors (Lipinski definition) is 0. The molecule has 6 heteroatoms. The highest BCUT2D eigenvalue weighted by Gasteiger charge is 2.33. The van der Waals surface area contributed by atoms with Gasteiger partial charge in [0.25, 0.3) is 5.91 Å². The third kappa shape index (κ3) is 3.29. The maximum atomic E-state index is 13.0. The Hall–Kier alpha value is -2.31. The van der Waals surface area contributed by atoms with E-state index in [1.807, 2.05) is 0 Å². The number of anilines is 1. The molecule has 24 heavy (non-hydrogen) atoms. The molecule has 120 valence electrons. The van der Waals surface area contributed by atoms with Crippen LogP contribution in [0.15, 0.2) is 53.4 Å². The summed E-state index contributed by atoms with van der Waals surface area (Å²) in [6, 6.07) is 12.6. The van der Waals surface area contributed by atoms with E-state index < -0.39 is 0 Å². The number of hydrogen-bond acceptors (Lipinski definition) is 4. The third-order valence-corrected chi connectivity index (χ3v) is 4.80. The van der Waals surface area contributed by atoms with Crippen molar-refractivity contribution in [2.45, 2.75) is 6.92 Å². The summed E-state index contributed by atoms with van der Waals surface area (Å²) in [6.45, 7) is 1.49. The van der Waals surface area contributed by atoms with E-state index in [4.69, 9.17) is 12.2 Å². The van der Waals surface area contributed by atoms with Crippen LogP contribution in [0.3, 0.4) is 0 Å². The number of nitrogens with zero attached hydrogens (tertiary/aromatic N) is 1. The number of carbonyl (C=O) groups is 2. The first kappa shape index (κ1) is 16.5. The number of rotatable bonds is 3. The Labute approximate surface area is 148 Å². The second-order valence-corrected chi connectivity index (χ2v) is 6.85. The van der Waals surface area contributed by atoms with Crippen LogP contribution in [0, 0.1) is 5.82 Å². The lowest BCUT2D eigenvalue weighted by atomic mass is 10.1. The Morgan fingerprint density at radius 1 is 1.12 bits per heavy atom. The Kier molecular flexibility index (Phi) is 4.59. The molecule has 1 amide bonds. The Bertz CT molecular complexity index is 858. The van der Waals surface area contributed by atoms with Gasteiger partial charge in [0.2, 0.25) is 0 Å². The van der Waals surface area contributed by atoms with Gasteiger partial charge in [0.05, 0.1) is 10.6 Å². The monoisotopic (exact) mass is 357 g/mol. The number of thiocarbonyl (C=S) groups is 1. The minimum Gasteiger partial charge on any atom is -0.295 e. The lowest BCUT2D eigenvalue weighted by molar-refractivity contribution is -0.113. The van der Waals surface area contributed by atoms with Crippen molar-refractivity contribution in [3.05, 3.63) is 70.4 Å². The number of amides is 1. The van der Waals surface area contributed by atoms with E-state index in [1.165, 1.54) is 35.7 Å². The summed E-state index contributed by atoms with van der Waals surface area (Å²) in [5, 5.41) is 0. The Balaban J connectivity index is 1.88. The van der Waals surface area contributed by atoms with Crippen LogP contribution in [0.2, 0.25) is 0 Å². The van der Waals surface area contributed by atoms with Crippen molar-refractivity contribution in [3.63, 3.8) is 0 Å². The molecule has 2 aromatic rings. The first-order valence-electron chi connectivity index (χ1n) is 7.10. The molecule has 1 saturated heterocycles. The van der Waals surface area contributed by atoms with Crippen molar-refractivity contribution in [1.82, 2.24) is 0 Å². The van der Waals surface area contributed by atoms with Crippen LogP contribution in [0.25, 0.3) is 6.08 Å². The molecule has 2 aromatic carbocycles. The highest BCUT2D eigenvalue weighted by Crippen LogP contribution is 2.36. The standard InChI is InChI=1S/C18H12FNO2S2/c1-11(21)13-4-8-15(9-5-13)20-17(22)16(24-18(20)23)10-12-2-6-14(19)7-3-12/h2-10H,1H3. The number of thioether (sulfide) groups is 1. The van der Waals surface area contributed by atoms with Gasteiger partial charge >= 0.3 is 0 Å². The fraction of sp³-hybridized carbons (Fsp3) is 0.0556. The maximum absolute atomic E-state index is 13.0. The molecule has 0 unspecified atom stereocenters. The zero-order valence-electron chi connectivity index (χ0n) is 12.7. The molecule has 1 fully saturated rings. The van der Waals surface area contributed by atoms with E-state index in [1.54, 1.807) is 42.5 Å². The maximum Gasteiger partial charge on any atom is 0.270 e. The molecular formula is C18H12FNO2S2. The van der Waals surface area contributed by atoms with Gasteiger partial charge in [-0.1, -0.05) is 36.1 Å². The molecule has 0 radical (unpaired) electrons. The molecule has 3 rings (SSSR count). The van der Waals surface area contributed by atoms with Crippen LogP contribution >= 0.6 is 24.0 Å². The van der Waals surface area contributed by atoms with Crippen LogP contribution in [-0.2, 0) is 4.79 Å². The van der Waals surface area contributed by atoms with Gasteiger partial charge in [-0.3, -0.25) is 14.5 Å². The molecule has 1 heterocycles. The number of ketones is 1. The summed E-state index contributed by atoms with van der Waals surface area (Å²) in [6.07, 6.45) is 1.68. The molecule has 1 aliphatic rings. The van der Waals surface area contributed by atoms with E-state index in [0.717, 1.165) is 5.56 Å². The fourth-order valence-corrected chi connectivity index (χ4v) is 3.54. The lowest BCUT2D eigenvalue weighted by Gasteiger charge is -2.14. The first-order valence-corrected chi connectivity index (χ1v) is 8.33. The minimum absolute atomic E-state index is 0.0388. The summed E-state index contributed by atoms with van der Waals surface area (Å²) in [7, 11) is 0. The molecule has 0 saturated carbocycles. The molecule has 0 aromatic heterocycles. The average molecular weight is 357 g/mol. The highest BCUT2D eigenvalue weighted by molar-refractivity contribution is 8.27. The minimum atomic E-state index is -0.328. The normalized spacial score (nSPS) is 16.1.